The molecule has 0 aliphatic rings. The molecule has 0 unspecified atom stereocenters. The molecule has 12 rings (SSSR count). The van der Waals surface area contributed by atoms with Gasteiger partial charge in [0.2, 0.25) is 44.7 Å². The summed E-state index contributed by atoms with van der Waals surface area (Å²) in [5.74, 6) is -7.87. The van der Waals surface area contributed by atoms with Crippen LogP contribution in [0.25, 0.3) is 89.2 Å². The van der Waals surface area contributed by atoms with Gasteiger partial charge in [-0.05, 0) is 97.4 Å². The molecule has 0 bridgehead atoms. The van der Waals surface area contributed by atoms with Crippen molar-refractivity contribution in [2.75, 3.05) is 0 Å². The van der Waals surface area contributed by atoms with Crippen LogP contribution in [0.5, 0.6) is 80.5 Å². The molecule has 8 aromatic carbocycles. The largest absolute Gasteiger partial charge is 0.508 e. The highest BCUT2D eigenvalue weighted by molar-refractivity contribution is 5.87. The summed E-state index contributed by atoms with van der Waals surface area (Å²) in [5.41, 5.74) is -0.773. The third-order valence-electron chi connectivity index (χ3n) is 12.6. The number of para-hydroxylation sites is 4. The van der Waals surface area contributed by atoms with Gasteiger partial charge >= 0.3 is 0 Å². The Hall–Kier alpha value is -12.2. The summed E-state index contributed by atoms with van der Waals surface area (Å²) >= 11 is 0. The number of hydrogen-bond acceptors (Lipinski definition) is 22. The van der Waals surface area contributed by atoms with E-state index >= 15 is 0 Å². The Morgan fingerprint density at radius 3 is 0.899 bits per heavy atom. The highest BCUT2D eigenvalue weighted by Crippen LogP contribution is 2.45. The van der Waals surface area contributed by atoms with Crippen LogP contribution in [-0.4, -0.2) is 71.5 Å². The van der Waals surface area contributed by atoms with Gasteiger partial charge in [0.1, 0.15) is 39.6 Å². The van der Waals surface area contributed by atoms with Crippen molar-refractivity contribution in [3.63, 3.8) is 0 Å². The number of fused-ring (bicyclic) bond motifs is 4. The zero-order valence-corrected chi connectivity index (χ0v) is 58.5. The number of aromatic hydroxyl groups is 14. The third-order valence-corrected chi connectivity index (χ3v) is 12.6. The molecule has 0 amide bonds. The molecule has 0 radical (unpaired) electrons. The average Bonchev–Trinajstić information content (AvgIpc) is 0.791. The molecule has 0 aliphatic heterocycles. The molecule has 4 aromatic heterocycles. The summed E-state index contributed by atoms with van der Waals surface area (Å²) in [5, 5.41) is 137. The lowest BCUT2D eigenvalue weighted by Gasteiger charge is -2.09. The Labute approximate surface area is 572 Å². The van der Waals surface area contributed by atoms with Gasteiger partial charge in [-0.3, -0.25) is 19.2 Å². The topological polar surface area (TPSA) is 404 Å². The average molecular weight is 1370 g/mol. The molecule has 4 heterocycles. The van der Waals surface area contributed by atoms with E-state index in [1.165, 1.54) is 42.5 Å². The van der Waals surface area contributed by atoms with E-state index in [-0.39, 0.29) is 101 Å². The van der Waals surface area contributed by atoms with E-state index in [4.69, 9.17) is 17.7 Å². The fourth-order valence-electron chi connectivity index (χ4n) is 8.33. The number of benzene rings is 8. The van der Waals surface area contributed by atoms with E-state index in [0.29, 0.717) is 11.1 Å². The fourth-order valence-corrected chi connectivity index (χ4v) is 8.33. The van der Waals surface area contributed by atoms with Crippen LogP contribution < -0.4 is 21.7 Å². The first kappa shape index (κ1) is 84.8. The van der Waals surface area contributed by atoms with Crippen LogP contribution in [-0.2, 0) is 0 Å². The molecular weight excluding hydrogens is 1280 g/mol. The van der Waals surface area contributed by atoms with Crippen molar-refractivity contribution in [3.05, 3.63) is 198 Å². The zero-order chi connectivity index (χ0) is 75.7. The lowest BCUT2D eigenvalue weighted by molar-refractivity contribution is 0.368. The lowest BCUT2D eigenvalue weighted by atomic mass is 10.1. The highest BCUT2D eigenvalue weighted by atomic mass is 16.4. The van der Waals surface area contributed by atoms with Crippen LogP contribution in [0.3, 0.4) is 0 Å². The molecule has 0 atom stereocenters. The minimum Gasteiger partial charge on any atom is -0.508 e. The number of phenolic OH excluding ortho intramolecular Hbond substituents is 10. The number of aryl methyl sites for hydroxylation is 1. The fraction of sp³-hybridized carbons (Fsp3) is 0.221. The minimum absolute atomic E-state index is 0.0541. The molecule has 0 aliphatic carbocycles. The maximum absolute atomic E-state index is 12.1. The second kappa shape index (κ2) is 41.6. The summed E-state index contributed by atoms with van der Waals surface area (Å²) < 4.78 is 21.9. The van der Waals surface area contributed by atoms with E-state index < -0.39 is 85.0 Å². The van der Waals surface area contributed by atoms with Gasteiger partial charge in [0.05, 0.1) is 38.2 Å². The molecule has 12 aromatic rings. The van der Waals surface area contributed by atoms with Gasteiger partial charge in [-0.25, -0.2) is 0 Å². The molecule has 22 heteroatoms. The van der Waals surface area contributed by atoms with Crippen molar-refractivity contribution in [1.82, 2.24) is 0 Å². The quantitative estimate of drug-likeness (QED) is 0.0575. The summed E-state index contributed by atoms with van der Waals surface area (Å²) in [6, 6.07) is 36.5. The normalized spacial score (nSPS) is 9.59. The third kappa shape index (κ3) is 19.9. The SMILES string of the molecule is CC.CC.CC.CC.CC.CC.CC.CC.Cc1ccc(-c2oc3ccccc3c(=O)c2O)c(O)c1O.O=c1c(O)c(-c2cc(O)c(O)c(O)c2)oc2ccccc12.O=c1c(O)c(-c2cc(O)c(O)cc2O)oc2ccccc12.O=c1c(O)c(-c2ccc(O)cc2O)oc2ccccc12. The Morgan fingerprint density at radius 2 is 0.535 bits per heavy atom. The van der Waals surface area contributed by atoms with Crippen LogP contribution in [0.1, 0.15) is 116 Å². The van der Waals surface area contributed by atoms with Crippen LogP contribution in [0, 0.1) is 6.92 Å². The second-order valence-electron chi connectivity index (χ2n) is 18.0. The standard InChI is InChI=1S/C16H12O5.2C15H10O6.C15H10O5.8C2H6/c1-8-6-7-10(14(19)12(8)17)16-15(20)13(18)9-4-2-3-5-11(9)21-16;16-9-5-7(6-10(17)13(9)19)15-14(20)12(18)8-3-1-2-4-11(8)21-15;16-9-6-11(18)10(17)5-8(9)15-14(20)13(19)7-3-1-2-4-12(7)21-15;16-8-5-6-9(11(17)7-8)15-14(19)13(18)10-3-1-2-4-12(10)20-15;8*1-2/h2-7,17,19-20H,1H3;1-6,16-17,19-20H;1-6,16-18,20H;1-7,16-17,19H;8*1-2H3. The molecule has 0 saturated heterocycles. The number of rotatable bonds is 4. The van der Waals surface area contributed by atoms with E-state index in [1.807, 2.05) is 111 Å². The highest BCUT2D eigenvalue weighted by Gasteiger charge is 2.24. The van der Waals surface area contributed by atoms with Gasteiger partial charge in [0, 0.05) is 17.7 Å². The summed E-state index contributed by atoms with van der Waals surface area (Å²) in [7, 11) is 0. The number of phenols is 10. The summed E-state index contributed by atoms with van der Waals surface area (Å²) in [6.45, 7) is 33.6. The zero-order valence-electron chi connectivity index (χ0n) is 58.5. The van der Waals surface area contributed by atoms with Crippen LogP contribution >= 0.6 is 0 Å². The Balaban J connectivity index is 0.000000617. The first-order valence-corrected chi connectivity index (χ1v) is 32.1. The van der Waals surface area contributed by atoms with Gasteiger partial charge in [0.15, 0.2) is 63.3 Å². The van der Waals surface area contributed by atoms with Crippen LogP contribution in [0.4, 0.5) is 0 Å². The van der Waals surface area contributed by atoms with Gasteiger partial charge in [-0.1, -0.05) is 165 Å². The Kier molecular flexibility index (Phi) is 35.6. The van der Waals surface area contributed by atoms with Crippen molar-refractivity contribution in [2.24, 2.45) is 0 Å². The van der Waals surface area contributed by atoms with Crippen molar-refractivity contribution in [1.29, 1.82) is 0 Å². The monoisotopic (exact) mass is 1370 g/mol. The first-order valence-electron chi connectivity index (χ1n) is 32.1. The first-order chi connectivity index (χ1) is 47.6. The number of hydrogen-bond donors (Lipinski definition) is 14. The Bertz CT molecular complexity index is 4690. The minimum atomic E-state index is -0.693. The van der Waals surface area contributed by atoms with E-state index in [0.717, 1.165) is 30.3 Å². The van der Waals surface area contributed by atoms with Crippen molar-refractivity contribution < 1.29 is 89.2 Å². The predicted octanol–water partition coefficient (Wildman–Crippen LogP) is 18.2. The molecule has 99 heavy (non-hydrogen) atoms. The van der Waals surface area contributed by atoms with Crippen molar-refractivity contribution >= 4 is 43.9 Å². The van der Waals surface area contributed by atoms with Gasteiger partial charge in [0.25, 0.3) is 0 Å². The molecule has 0 fully saturated rings. The second-order valence-corrected chi connectivity index (χ2v) is 18.0. The maximum atomic E-state index is 12.1. The molecular formula is C77H90O22. The summed E-state index contributed by atoms with van der Waals surface area (Å²) in [6.07, 6.45) is 0. The molecule has 530 valence electrons. The maximum Gasteiger partial charge on any atom is 0.235 e. The van der Waals surface area contributed by atoms with Gasteiger partial charge < -0.3 is 89.2 Å². The van der Waals surface area contributed by atoms with Crippen LogP contribution in [0.15, 0.2) is 189 Å². The van der Waals surface area contributed by atoms with Gasteiger partial charge in [-0.15, -0.1) is 0 Å². The summed E-state index contributed by atoms with van der Waals surface area (Å²) in [4.78, 5) is 48.3. The van der Waals surface area contributed by atoms with Gasteiger partial charge in [-0.2, -0.15) is 0 Å². The van der Waals surface area contributed by atoms with E-state index in [1.54, 1.807) is 85.8 Å². The molecule has 0 spiro atoms. The van der Waals surface area contributed by atoms with E-state index in [2.05, 4.69) is 0 Å². The Morgan fingerprint density at radius 1 is 0.242 bits per heavy atom. The van der Waals surface area contributed by atoms with E-state index in [9.17, 15) is 90.7 Å². The predicted molar refractivity (Wildman–Crippen MR) is 391 cm³/mol. The molecule has 0 saturated carbocycles. The van der Waals surface area contributed by atoms with Crippen molar-refractivity contribution in [3.8, 4) is 126 Å². The lowest BCUT2D eigenvalue weighted by Crippen LogP contribution is -2.02. The van der Waals surface area contributed by atoms with Crippen molar-refractivity contribution in [2.45, 2.75) is 118 Å². The smallest absolute Gasteiger partial charge is 0.235 e. The molecule has 14 N–H and O–H groups in total. The van der Waals surface area contributed by atoms with Crippen LogP contribution in [0.2, 0.25) is 0 Å². The molecule has 22 nitrogen and oxygen atoms in total.